The highest BCUT2D eigenvalue weighted by molar-refractivity contribution is 5.32. The van der Waals surface area contributed by atoms with Gasteiger partial charge in [0.1, 0.15) is 0 Å². The van der Waals surface area contributed by atoms with Gasteiger partial charge in [0.2, 0.25) is 0 Å². The van der Waals surface area contributed by atoms with Gasteiger partial charge in [0.25, 0.3) is 0 Å². The summed E-state index contributed by atoms with van der Waals surface area (Å²) in [6, 6.07) is 6.37. The van der Waals surface area contributed by atoms with Gasteiger partial charge in [0.05, 0.1) is 5.60 Å². The summed E-state index contributed by atoms with van der Waals surface area (Å²) in [5.74, 6) is 0. The van der Waals surface area contributed by atoms with Crippen LogP contribution in [-0.2, 0) is 5.60 Å². The van der Waals surface area contributed by atoms with E-state index >= 15 is 0 Å². The van der Waals surface area contributed by atoms with Crippen LogP contribution in [0.4, 0.5) is 0 Å². The first-order valence-corrected chi connectivity index (χ1v) is 5.62. The summed E-state index contributed by atoms with van der Waals surface area (Å²) in [6.07, 6.45) is 1.63. The molecule has 2 nitrogen and oxygen atoms in total. The Labute approximate surface area is 91.3 Å². The fourth-order valence-corrected chi connectivity index (χ4v) is 2.37. The molecule has 2 rings (SSSR count). The third-order valence-corrected chi connectivity index (χ3v) is 3.19. The maximum atomic E-state index is 10.6. The molecule has 0 aromatic heterocycles. The minimum Gasteiger partial charge on any atom is -0.385 e. The lowest BCUT2D eigenvalue weighted by molar-refractivity contribution is 0.00584. The van der Waals surface area contributed by atoms with Crippen LogP contribution in [-0.4, -0.2) is 18.2 Å². The summed E-state index contributed by atoms with van der Waals surface area (Å²) in [7, 11) is 0. The van der Waals surface area contributed by atoms with Gasteiger partial charge in [-0.15, -0.1) is 0 Å². The Morgan fingerprint density at radius 1 is 1.07 bits per heavy atom. The molecule has 1 heterocycles. The van der Waals surface area contributed by atoms with Gasteiger partial charge < -0.3 is 10.4 Å². The Kier molecular flexibility index (Phi) is 2.81. The number of hydrogen-bond donors (Lipinski definition) is 2. The number of nitrogens with one attached hydrogen (secondary N) is 1. The number of hydrogen-bond acceptors (Lipinski definition) is 2. The molecule has 0 unspecified atom stereocenters. The normalized spacial score (nSPS) is 20.2. The molecular formula is C13H19NO. The van der Waals surface area contributed by atoms with Gasteiger partial charge in [0, 0.05) is 0 Å². The van der Waals surface area contributed by atoms with Crippen molar-refractivity contribution in [1.29, 1.82) is 0 Å². The maximum absolute atomic E-state index is 10.6. The predicted octanol–water partition coefficient (Wildman–Crippen LogP) is 1.87. The summed E-state index contributed by atoms with van der Waals surface area (Å²) in [5, 5.41) is 13.8. The molecule has 0 bridgehead atoms. The standard InChI is InChI=1S/C13H19NO/c1-10-7-11(2)9-12(8-10)13(15)3-5-14-6-4-13/h7-9,14-15H,3-6H2,1-2H3. The molecule has 1 saturated heterocycles. The fourth-order valence-electron chi connectivity index (χ4n) is 2.37. The molecule has 2 heteroatoms. The maximum Gasteiger partial charge on any atom is 0.0920 e. The van der Waals surface area contributed by atoms with E-state index in [1.807, 2.05) is 0 Å². The number of piperidine rings is 1. The average molecular weight is 205 g/mol. The summed E-state index contributed by atoms with van der Waals surface area (Å²) in [4.78, 5) is 0. The smallest absolute Gasteiger partial charge is 0.0920 e. The molecule has 1 aromatic rings. The minimum atomic E-state index is -0.609. The van der Waals surface area contributed by atoms with Gasteiger partial charge in [0.15, 0.2) is 0 Å². The lowest BCUT2D eigenvalue weighted by atomic mass is 9.84. The van der Waals surface area contributed by atoms with Crippen molar-refractivity contribution in [3.05, 3.63) is 34.9 Å². The molecule has 15 heavy (non-hydrogen) atoms. The first-order chi connectivity index (χ1) is 7.10. The molecule has 0 atom stereocenters. The summed E-state index contributed by atoms with van der Waals surface area (Å²) < 4.78 is 0. The van der Waals surface area contributed by atoms with Crippen molar-refractivity contribution in [3.63, 3.8) is 0 Å². The number of aryl methyl sites for hydroxylation is 2. The van der Waals surface area contributed by atoms with Gasteiger partial charge >= 0.3 is 0 Å². The quantitative estimate of drug-likeness (QED) is 0.733. The highest BCUT2D eigenvalue weighted by Crippen LogP contribution is 2.31. The zero-order chi connectivity index (χ0) is 10.9. The van der Waals surface area contributed by atoms with Crippen LogP contribution in [0.2, 0.25) is 0 Å². The molecule has 0 spiro atoms. The van der Waals surface area contributed by atoms with E-state index in [4.69, 9.17) is 0 Å². The van der Waals surface area contributed by atoms with Crippen LogP contribution < -0.4 is 5.32 Å². The topological polar surface area (TPSA) is 32.3 Å². The van der Waals surface area contributed by atoms with Crippen molar-refractivity contribution in [3.8, 4) is 0 Å². The van der Waals surface area contributed by atoms with E-state index in [9.17, 15) is 5.11 Å². The molecule has 2 N–H and O–H groups in total. The van der Waals surface area contributed by atoms with E-state index in [1.165, 1.54) is 11.1 Å². The number of rotatable bonds is 1. The van der Waals surface area contributed by atoms with Gasteiger partial charge in [-0.3, -0.25) is 0 Å². The van der Waals surface area contributed by atoms with Gasteiger partial charge in [-0.05, 0) is 45.3 Å². The SMILES string of the molecule is Cc1cc(C)cc(C2(O)CCNCC2)c1. The Hall–Kier alpha value is -0.860. The van der Waals surface area contributed by atoms with Crippen LogP contribution in [0.1, 0.15) is 29.5 Å². The molecule has 1 fully saturated rings. The van der Waals surface area contributed by atoms with Crippen LogP contribution >= 0.6 is 0 Å². The number of aliphatic hydroxyl groups is 1. The van der Waals surface area contributed by atoms with E-state index in [2.05, 4.69) is 37.4 Å². The molecule has 0 amide bonds. The van der Waals surface area contributed by atoms with Crippen LogP contribution in [0.15, 0.2) is 18.2 Å². The van der Waals surface area contributed by atoms with Gasteiger partial charge in [-0.25, -0.2) is 0 Å². The first kappa shape index (κ1) is 10.7. The third kappa shape index (κ3) is 2.21. The zero-order valence-corrected chi connectivity index (χ0v) is 9.51. The van der Waals surface area contributed by atoms with Crippen LogP contribution in [0.25, 0.3) is 0 Å². The molecule has 1 aliphatic rings. The van der Waals surface area contributed by atoms with E-state index in [1.54, 1.807) is 0 Å². The number of benzene rings is 1. The molecular weight excluding hydrogens is 186 g/mol. The Balaban J connectivity index is 2.34. The minimum absolute atomic E-state index is 0.609. The Morgan fingerprint density at radius 2 is 1.60 bits per heavy atom. The van der Waals surface area contributed by atoms with E-state index in [-0.39, 0.29) is 0 Å². The van der Waals surface area contributed by atoms with Crippen LogP contribution in [0.3, 0.4) is 0 Å². The van der Waals surface area contributed by atoms with Crippen molar-refractivity contribution >= 4 is 0 Å². The van der Waals surface area contributed by atoms with Gasteiger partial charge in [-0.2, -0.15) is 0 Å². The van der Waals surface area contributed by atoms with Crippen molar-refractivity contribution < 1.29 is 5.11 Å². The van der Waals surface area contributed by atoms with Crippen molar-refractivity contribution in [2.75, 3.05) is 13.1 Å². The van der Waals surface area contributed by atoms with Crippen molar-refractivity contribution in [1.82, 2.24) is 5.32 Å². The molecule has 1 aliphatic heterocycles. The van der Waals surface area contributed by atoms with Crippen molar-refractivity contribution in [2.45, 2.75) is 32.3 Å². The average Bonchev–Trinajstić information content (AvgIpc) is 2.17. The monoisotopic (exact) mass is 205 g/mol. The van der Waals surface area contributed by atoms with Crippen LogP contribution in [0.5, 0.6) is 0 Å². The summed E-state index contributed by atoms with van der Waals surface area (Å²) in [5.41, 5.74) is 2.94. The zero-order valence-electron chi connectivity index (χ0n) is 9.51. The molecule has 82 valence electrons. The molecule has 0 aliphatic carbocycles. The Morgan fingerprint density at radius 3 is 2.13 bits per heavy atom. The second-order valence-electron chi connectivity index (χ2n) is 4.66. The highest BCUT2D eigenvalue weighted by atomic mass is 16.3. The van der Waals surface area contributed by atoms with Gasteiger partial charge in [-0.1, -0.05) is 29.3 Å². The largest absolute Gasteiger partial charge is 0.385 e. The molecule has 1 aromatic carbocycles. The predicted molar refractivity (Wildman–Crippen MR) is 61.9 cm³/mol. The third-order valence-electron chi connectivity index (χ3n) is 3.19. The second kappa shape index (κ2) is 3.95. The van der Waals surface area contributed by atoms with E-state index in [0.29, 0.717) is 0 Å². The van der Waals surface area contributed by atoms with E-state index in [0.717, 1.165) is 31.5 Å². The summed E-state index contributed by atoms with van der Waals surface area (Å²) >= 11 is 0. The van der Waals surface area contributed by atoms with Crippen LogP contribution in [0, 0.1) is 13.8 Å². The second-order valence-corrected chi connectivity index (χ2v) is 4.66. The Bertz CT molecular complexity index is 333. The molecule has 0 radical (unpaired) electrons. The fraction of sp³-hybridized carbons (Fsp3) is 0.538. The molecule has 0 saturated carbocycles. The highest BCUT2D eigenvalue weighted by Gasteiger charge is 2.31. The first-order valence-electron chi connectivity index (χ1n) is 5.62. The van der Waals surface area contributed by atoms with E-state index < -0.39 is 5.60 Å². The van der Waals surface area contributed by atoms with Crippen molar-refractivity contribution in [2.24, 2.45) is 0 Å². The summed E-state index contributed by atoms with van der Waals surface area (Å²) in [6.45, 7) is 5.98. The lowest BCUT2D eigenvalue weighted by Crippen LogP contribution is -2.39. The lowest BCUT2D eigenvalue weighted by Gasteiger charge is -2.33.